The lowest BCUT2D eigenvalue weighted by Gasteiger charge is -2.19. The van der Waals surface area contributed by atoms with Crippen LogP contribution in [-0.2, 0) is 4.74 Å². The molecule has 1 heterocycles. The lowest BCUT2D eigenvalue weighted by atomic mass is 10.1. The molecule has 2 aromatic rings. The smallest absolute Gasteiger partial charge is 0.412 e. The van der Waals surface area contributed by atoms with Crippen molar-refractivity contribution in [3.63, 3.8) is 0 Å². The number of hydrogen-bond acceptors (Lipinski definition) is 5. The minimum absolute atomic E-state index is 0.111. The van der Waals surface area contributed by atoms with Crippen LogP contribution in [0.5, 0.6) is 0 Å². The van der Waals surface area contributed by atoms with E-state index in [9.17, 15) is 19.5 Å². The zero-order chi connectivity index (χ0) is 20.5. The molecule has 0 aliphatic carbocycles. The van der Waals surface area contributed by atoms with Crippen molar-refractivity contribution < 1.29 is 24.2 Å². The van der Waals surface area contributed by atoms with Gasteiger partial charge in [-0.15, -0.1) is 0 Å². The Kier molecular flexibility index (Phi) is 5.29. The van der Waals surface area contributed by atoms with Crippen molar-refractivity contribution in [1.82, 2.24) is 0 Å². The predicted molar refractivity (Wildman–Crippen MR) is 108 cm³/mol. The number of carbonyl (C=O) groups is 3. The Morgan fingerprint density at radius 1 is 1.14 bits per heavy atom. The molecule has 3 rings (SSSR count). The number of carboxylic acids is 1. The number of ether oxygens (including phenoxy) is 1. The normalized spacial score (nSPS) is 14.7. The summed E-state index contributed by atoms with van der Waals surface area (Å²) in [6, 6.07) is 11.6. The highest BCUT2D eigenvalue weighted by atomic mass is 32.2. The molecule has 0 aromatic heterocycles. The van der Waals surface area contributed by atoms with E-state index in [1.807, 2.05) is 0 Å². The standard InChI is InChI=1S/C21H19NO5S/c1-21(2,3)27-20(26)22-13-7-4-6-12(10-13)11-16-17(23)14-8-5-9-15(19(24)25)18(14)28-16/h4-11H,1-3H3,(H,22,26)(H,24,25)/b16-11-. The summed E-state index contributed by atoms with van der Waals surface area (Å²) in [5.74, 6) is -1.28. The molecular weight excluding hydrogens is 378 g/mol. The molecular formula is C21H19NO5S. The van der Waals surface area contributed by atoms with Crippen LogP contribution in [0.15, 0.2) is 52.3 Å². The Labute approximate surface area is 166 Å². The van der Waals surface area contributed by atoms with Crippen molar-refractivity contribution in [1.29, 1.82) is 0 Å². The molecule has 0 saturated heterocycles. The third-order valence-electron chi connectivity index (χ3n) is 3.76. The van der Waals surface area contributed by atoms with Gasteiger partial charge in [0.15, 0.2) is 0 Å². The molecule has 144 valence electrons. The number of ketones is 1. The van der Waals surface area contributed by atoms with E-state index in [1.165, 1.54) is 6.07 Å². The molecule has 7 heteroatoms. The highest BCUT2D eigenvalue weighted by Gasteiger charge is 2.29. The average molecular weight is 397 g/mol. The Bertz CT molecular complexity index is 1000. The number of allylic oxidation sites excluding steroid dienone is 1. The maximum absolute atomic E-state index is 12.6. The average Bonchev–Trinajstić information content (AvgIpc) is 2.89. The first-order valence-corrected chi connectivity index (χ1v) is 9.36. The molecule has 0 spiro atoms. The molecule has 2 N–H and O–H groups in total. The van der Waals surface area contributed by atoms with Crippen molar-refractivity contribution in [2.45, 2.75) is 31.3 Å². The molecule has 6 nitrogen and oxygen atoms in total. The van der Waals surface area contributed by atoms with Gasteiger partial charge in [-0.2, -0.15) is 0 Å². The molecule has 0 bridgehead atoms. The summed E-state index contributed by atoms with van der Waals surface area (Å²) in [6.45, 7) is 5.33. The van der Waals surface area contributed by atoms with Crippen molar-refractivity contribution in [3.8, 4) is 0 Å². The zero-order valence-electron chi connectivity index (χ0n) is 15.6. The van der Waals surface area contributed by atoms with E-state index in [0.717, 1.165) is 11.8 Å². The van der Waals surface area contributed by atoms with Gasteiger partial charge in [0, 0.05) is 16.1 Å². The summed E-state index contributed by atoms with van der Waals surface area (Å²) < 4.78 is 5.23. The van der Waals surface area contributed by atoms with Crippen LogP contribution < -0.4 is 5.32 Å². The summed E-state index contributed by atoms with van der Waals surface area (Å²) in [5.41, 5.74) is 1.13. The fourth-order valence-corrected chi connectivity index (χ4v) is 3.81. The van der Waals surface area contributed by atoms with Gasteiger partial charge in [-0.3, -0.25) is 10.1 Å². The van der Waals surface area contributed by atoms with Crippen molar-refractivity contribution in [2.24, 2.45) is 0 Å². The molecule has 1 aliphatic heterocycles. The maximum Gasteiger partial charge on any atom is 0.412 e. The number of carboxylic acid groups (broad SMARTS) is 1. The highest BCUT2D eigenvalue weighted by Crippen LogP contribution is 2.43. The molecule has 0 unspecified atom stereocenters. The van der Waals surface area contributed by atoms with Crippen molar-refractivity contribution >= 4 is 41.4 Å². The number of thioether (sulfide) groups is 1. The summed E-state index contributed by atoms with van der Waals surface area (Å²) in [7, 11) is 0. The highest BCUT2D eigenvalue weighted by molar-refractivity contribution is 8.05. The molecule has 1 aliphatic rings. The van der Waals surface area contributed by atoms with Gasteiger partial charge in [-0.25, -0.2) is 9.59 Å². The monoisotopic (exact) mass is 397 g/mol. The maximum atomic E-state index is 12.6. The third-order valence-corrected chi connectivity index (χ3v) is 4.92. The van der Waals surface area contributed by atoms with Crippen LogP contribution in [0.4, 0.5) is 10.5 Å². The van der Waals surface area contributed by atoms with E-state index in [2.05, 4.69) is 5.32 Å². The van der Waals surface area contributed by atoms with Gasteiger partial charge in [0.1, 0.15) is 5.60 Å². The van der Waals surface area contributed by atoms with E-state index in [1.54, 1.807) is 63.2 Å². The number of anilines is 1. The van der Waals surface area contributed by atoms with Gasteiger partial charge in [0.25, 0.3) is 0 Å². The van der Waals surface area contributed by atoms with Crippen LogP contribution in [0.2, 0.25) is 0 Å². The van der Waals surface area contributed by atoms with Gasteiger partial charge < -0.3 is 9.84 Å². The summed E-state index contributed by atoms with van der Waals surface area (Å²) >= 11 is 1.14. The number of aromatic carboxylic acids is 1. The van der Waals surface area contributed by atoms with Crippen LogP contribution in [-0.4, -0.2) is 28.6 Å². The first-order valence-electron chi connectivity index (χ1n) is 8.55. The molecule has 2 aromatic carbocycles. The first-order chi connectivity index (χ1) is 13.1. The lowest BCUT2D eigenvalue weighted by Crippen LogP contribution is -2.27. The van der Waals surface area contributed by atoms with E-state index >= 15 is 0 Å². The number of carbonyl (C=O) groups excluding carboxylic acids is 2. The number of rotatable bonds is 3. The fraction of sp³-hybridized carbons (Fsp3) is 0.190. The number of benzene rings is 2. The molecule has 1 amide bonds. The molecule has 0 saturated carbocycles. The largest absolute Gasteiger partial charge is 0.478 e. The quantitative estimate of drug-likeness (QED) is 0.703. The number of fused-ring (bicyclic) bond motifs is 1. The van der Waals surface area contributed by atoms with Crippen LogP contribution in [0.1, 0.15) is 47.1 Å². The van der Waals surface area contributed by atoms with Gasteiger partial charge in [0.05, 0.1) is 10.5 Å². The minimum Gasteiger partial charge on any atom is -0.478 e. The Balaban J connectivity index is 1.83. The first kappa shape index (κ1) is 19.7. The number of Topliss-reactive ketones (excluding diaryl/α,β-unsaturated/α-hetero) is 1. The fourth-order valence-electron chi connectivity index (χ4n) is 2.66. The number of hydrogen-bond donors (Lipinski definition) is 2. The van der Waals surface area contributed by atoms with E-state index < -0.39 is 17.7 Å². The predicted octanol–water partition coefficient (Wildman–Crippen LogP) is 5.06. The Morgan fingerprint density at radius 3 is 2.54 bits per heavy atom. The van der Waals surface area contributed by atoms with Gasteiger partial charge in [-0.05, 0) is 56.7 Å². The van der Waals surface area contributed by atoms with Crippen molar-refractivity contribution in [3.05, 3.63) is 64.1 Å². The van der Waals surface area contributed by atoms with Crippen LogP contribution >= 0.6 is 11.8 Å². The van der Waals surface area contributed by atoms with Gasteiger partial charge in [-0.1, -0.05) is 30.0 Å². The second-order valence-corrected chi connectivity index (χ2v) is 8.23. The second-order valence-electron chi connectivity index (χ2n) is 7.18. The Morgan fingerprint density at radius 2 is 1.86 bits per heavy atom. The van der Waals surface area contributed by atoms with Crippen LogP contribution in [0.3, 0.4) is 0 Å². The summed E-state index contributed by atoms with van der Waals surface area (Å²) in [6.07, 6.45) is 1.11. The minimum atomic E-state index is -1.07. The van der Waals surface area contributed by atoms with E-state index in [0.29, 0.717) is 26.6 Å². The Hall–Kier alpha value is -3.06. The molecule has 0 atom stereocenters. The molecule has 0 radical (unpaired) electrons. The number of amides is 1. The zero-order valence-corrected chi connectivity index (χ0v) is 16.4. The third kappa shape index (κ3) is 4.43. The van der Waals surface area contributed by atoms with Gasteiger partial charge in [0.2, 0.25) is 5.78 Å². The van der Waals surface area contributed by atoms with Crippen LogP contribution in [0.25, 0.3) is 6.08 Å². The summed E-state index contributed by atoms with van der Waals surface area (Å²) in [5, 5.41) is 12.0. The topological polar surface area (TPSA) is 92.7 Å². The van der Waals surface area contributed by atoms with E-state index in [-0.39, 0.29) is 11.3 Å². The van der Waals surface area contributed by atoms with Gasteiger partial charge >= 0.3 is 12.1 Å². The second kappa shape index (κ2) is 7.52. The van der Waals surface area contributed by atoms with Crippen molar-refractivity contribution in [2.75, 3.05) is 5.32 Å². The van der Waals surface area contributed by atoms with E-state index in [4.69, 9.17) is 4.74 Å². The SMILES string of the molecule is CC(C)(C)OC(=O)Nc1cccc(/C=C2\Sc3c(C(=O)O)cccc3C2=O)c1. The van der Waals surface area contributed by atoms with Crippen LogP contribution in [0, 0.1) is 0 Å². The summed E-state index contributed by atoms with van der Waals surface area (Å²) in [4.78, 5) is 36.8. The number of nitrogens with one attached hydrogen (secondary N) is 1. The molecule has 0 fully saturated rings. The molecule has 28 heavy (non-hydrogen) atoms. The lowest BCUT2D eigenvalue weighted by molar-refractivity contribution is 0.0633.